The highest BCUT2D eigenvalue weighted by molar-refractivity contribution is 7.91. The van der Waals surface area contributed by atoms with E-state index in [0.717, 1.165) is 4.90 Å². The highest BCUT2D eigenvalue weighted by Gasteiger charge is 2.41. The van der Waals surface area contributed by atoms with E-state index in [1.165, 1.54) is 4.90 Å². The second-order valence-corrected chi connectivity index (χ2v) is 7.47. The maximum absolute atomic E-state index is 12.3. The van der Waals surface area contributed by atoms with Gasteiger partial charge in [-0.2, -0.15) is 0 Å². The van der Waals surface area contributed by atoms with Crippen molar-refractivity contribution in [2.45, 2.75) is 25.0 Å². The minimum atomic E-state index is -3.13. The van der Waals surface area contributed by atoms with Crippen molar-refractivity contribution in [3.05, 3.63) is 0 Å². The van der Waals surface area contributed by atoms with Crippen LogP contribution in [0, 0.1) is 0 Å². The quantitative estimate of drug-likeness (QED) is 0.625. The number of aliphatic hydroxyl groups excluding tert-OH is 1. The molecule has 2 saturated heterocycles. The molecule has 2 heterocycles. The zero-order chi connectivity index (χ0) is 14.9. The third-order valence-electron chi connectivity index (χ3n) is 3.64. The number of carboxylic acid groups (broad SMARTS) is 1. The normalized spacial score (nSPS) is 30.1. The maximum atomic E-state index is 12.3. The Morgan fingerprint density at radius 2 is 1.85 bits per heavy atom. The summed E-state index contributed by atoms with van der Waals surface area (Å²) < 4.78 is 23.0. The van der Waals surface area contributed by atoms with Crippen molar-refractivity contribution in [3.8, 4) is 0 Å². The number of aliphatic hydroxyl groups is 1. The van der Waals surface area contributed by atoms with Crippen LogP contribution in [0.4, 0.5) is 4.79 Å². The van der Waals surface area contributed by atoms with Crippen molar-refractivity contribution >= 4 is 21.8 Å². The third-order valence-corrected chi connectivity index (χ3v) is 5.35. The molecule has 2 unspecified atom stereocenters. The van der Waals surface area contributed by atoms with Crippen LogP contribution in [0.15, 0.2) is 0 Å². The van der Waals surface area contributed by atoms with Gasteiger partial charge in [-0.15, -0.1) is 0 Å². The molecule has 20 heavy (non-hydrogen) atoms. The Morgan fingerprint density at radius 3 is 2.50 bits per heavy atom. The Balaban J connectivity index is 2.08. The number of β-amino-alcohol motifs (C(OH)–C–C–N with tert-alkyl or cyclic N) is 1. The molecule has 2 amide bonds. The van der Waals surface area contributed by atoms with Gasteiger partial charge in [-0.3, -0.25) is 0 Å². The van der Waals surface area contributed by atoms with Crippen molar-refractivity contribution in [1.82, 2.24) is 9.80 Å². The first-order valence-electron chi connectivity index (χ1n) is 6.47. The number of urea groups is 1. The highest BCUT2D eigenvalue weighted by atomic mass is 32.2. The third kappa shape index (κ3) is 3.21. The van der Waals surface area contributed by atoms with Crippen LogP contribution >= 0.6 is 0 Å². The molecule has 2 rings (SSSR count). The van der Waals surface area contributed by atoms with E-state index in [4.69, 9.17) is 5.11 Å². The van der Waals surface area contributed by atoms with Gasteiger partial charge in [0.15, 0.2) is 9.84 Å². The second kappa shape index (κ2) is 5.57. The number of aliphatic carboxylic acids is 1. The monoisotopic (exact) mass is 306 g/mol. The van der Waals surface area contributed by atoms with Crippen molar-refractivity contribution in [1.29, 1.82) is 0 Å². The van der Waals surface area contributed by atoms with E-state index in [9.17, 15) is 23.1 Å². The number of carboxylic acids is 1. The average Bonchev–Trinajstić information content (AvgIpc) is 2.65. The molecular formula is C11H18N2O6S. The number of carbonyl (C=O) groups excluding carboxylic acids is 1. The fourth-order valence-electron chi connectivity index (χ4n) is 2.57. The molecule has 2 fully saturated rings. The number of hydrogen-bond donors (Lipinski definition) is 2. The molecular weight excluding hydrogens is 288 g/mol. The molecule has 0 radical (unpaired) electrons. The minimum absolute atomic E-state index is 0.00715. The summed E-state index contributed by atoms with van der Waals surface area (Å²) in [6.07, 6.45) is -0.495. The van der Waals surface area contributed by atoms with Crippen molar-refractivity contribution in [2.75, 3.05) is 31.1 Å². The van der Waals surface area contributed by atoms with E-state index in [1.807, 2.05) is 0 Å². The number of rotatable bonds is 1. The van der Waals surface area contributed by atoms with Gasteiger partial charge in [0, 0.05) is 26.1 Å². The lowest BCUT2D eigenvalue weighted by atomic mass is 10.2. The van der Waals surface area contributed by atoms with Gasteiger partial charge in [0.05, 0.1) is 17.6 Å². The zero-order valence-corrected chi connectivity index (χ0v) is 11.8. The Bertz CT molecular complexity index is 505. The molecule has 2 N–H and O–H groups in total. The van der Waals surface area contributed by atoms with Gasteiger partial charge in [-0.25, -0.2) is 18.0 Å². The molecule has 0 aliphatic carbocycles. The van der Waals surface area contributed by atoms with Crippen LogP contribution in [-0.2, 0) is 14.6 Å². The van der Waals surface area contributed by atoms with Crippen LogP contribution in [0.2, 0.25) is 0 Å². The fraction of sp³-hybridized carbons (Fsp3) is 0.818. The summed E-state index contributed by atoms with van der Waals surface area (Å²) in [6, 6.07) is -1.55. The lowest BCUT2D eigenvalue weighted by molar-refractivity contribution is -0.141. The molecule has 0 aromatic heterocycles. The van der Waals surface area contributed by atoms with Crippen LogP contribution in [0.3, 0.4) is 0 Å². The predicted molar refractivity (Wildman–Crippen MR) is 69.0 cm³/mol. The summed E-state index contributed by atoms with van der Waals surface area (Å²) >= 11 is 0. The first-order chi connectivity index (χ1) is 9.30. The summed E-state index contributed by atoms with van der Waals surface area (Å²) in [7, 11) is -3.13. The van der Waals surface area contributed by atoms with Gasteiger partial charge in [-0.05, 0) is 6.42 Å². The molecule has 9 heteroatoms. The van der Waals surface area contributed by atoms with E-state index in [-0.39, 0.29) is 37.6 Å². The summed E-state index contributed by atoms with van der Waals surface area (Å²) in [4.78, 5) is 25.9. The molecule has 0 bridgehead atoms. The summed E-state index contributed by atoms with van der Waals surface area (Å²) in [5.74, 6) is -1.22. The summed E-state index contributed by atoms with van der Waals surface area (Å²) in [5, 5.41) is 18.6. The Kier molecular flexibility index (Phi) is 4.19. The molecule has 0 saturated carbocycles. The predicted octanol–water partition coefficient (Wildman–Crippen LogP) is -1.25. The summed E-state index contributed by atoms with van der Waals surface area (Å²) in [6.45, 7) is 0.330. The number of likely N-dealkylation sites (tertiary alicyclic amines) is 1. The van der Waals surface area contributed by atoms with Gasteiger partial charge >= 0.3 is 12.0 Å². The molecule has 2 aliphatic heterocycles. The molecule has 0 aromatic carbocycles. The molecule has 0 spiro atoms. The molecule has 114 valence electrons. The van der Waals surface area contributed by atoms with Gasteiger partial charge in [-0.1, -0.05) is 0 Å². The number of nitrogens with zero attached hydrogens (tertiary/aromatic N) is 2. The topological polar surface area (TPSA) is 115 Å². The zero-order valence-electron chi connectivity index (χ0n) is 10.9. The van der Waals surface area contributed by atoms with E-state index in [0.29, 0.717) is 6.42 Å². The molecule has 2 aliphatic rings. The standard InChI is InChI=1S/C11H18N2O6S/c14-8-6-9(10(15)16)13(7-8)11(17)12-2-1-4-20(18,19)5-3-12/h8-9,14H,1-7H2,(H,15,16). The Morgan fingerprint density at radius 1 is 1.15 bits per heavy atom. The minimum Gasteiger partial charge on any atom is -0.480 e. The van der Waals surface area contributed by atoms with Gasteiger partial charge in [0.25, 0.3) is 0 Å². The number of hydrogen-bond acceptors (Lipinski definition) is 5. The number of amides is 2. The first-order valence-corrected chi connectivity index (χ1v) is 8.29. The van der Waals surface area contributed by atoms with Crippen LogP contribution < -0.4 is 0 Å². The number of sulfone groups is 1. The molecule has 8 nitrogen and oxygen atoms in total. The number of carbonyl (C=O) groups is 2. The van der Waals surface area contributed by atoms with E-state index in [2.05, 4.69) is 0 Å². The average molecular weight is 306 g/mol. The maximum Gasteiger partial charge on any atom is 0.326 e. The Hall–Kier alpha value is -1.35. The smallest absolute Gasteiger partial charge is 0.326 e. The van der Waals surface area contributed by atoms with E-state index >= 15 is 0 Å². The molecule has 2 atom stereocenters. The van der Waals surface area contributed by atoms with E-state index < -0.39 is 34.0 Å². The van der Waals surface area contributed by atoms with Crippen LogP contribution in [-0.4, -0.2) is 83.7 Å². The van der Waals surface area contributed by atoms with Crippen molar-refractivity contribution < 1.29 is 28.2 Å². The largest absolute Gasteiger partial charge is 0.480 e. The van der Waals surface area contributed by atoms with Crippen LogP contribution in [0.1, 0.15) is 12.8 Å². The van der Waals surface area contributed by atoms with Gasteiger partial charge in [0.2, 0.25) is 0 Å². The second-order valence-electron chi connectivity index (χ2n) is 5.17. The van der Waals surface area contributed by atoms with Crippen molar-refractivity contribution in [2.24, 2.45) is 0 Å². The van der Waals surface area contributed by atoms with E-state index in [1.54, 1.807) is 0 Å². The SMILES string of the molecule is O=C(O)C1CC(O)CN1C(=O)N1CCCS(=O)(=O)CC1. The Labute approximate surface area is 116 Å². The molecule has 0 aromatic rings. The lowest BCUT2D eigenvalue weighted by Crippen LogP contribution is -2.49. The van der Waals surface area contributed by atoms with Crippen LogP contribution in [0.5, 0.6) is 0 Å². The van der Waals surface area contributed by atoms with Crippen molar-refractivity contribution in [3.63, 3.8) is 0 Å². The van der Waals surface area contributed by atoms with Crippen LogP contribution in [0.25, 0.3) is 0 Å². The lowest BCUT2D eigenvalue weighted by Gasteiger charge is -2.29. The van der Waals surface area contributed by atoms with Gasteiger partial charge < -0.3 is 20.0 Å². The summed E-state index contributed by atoms with van der Waals surface area (Å²) in [5.41, 5.74) is 0. The highest BCUT2D eigenvalue weighted by Crippen LogP contribution is 2.20. The first kappa shape index (κ1) is 15.0. The van der Waals surface area contributed by atoms with Gasteiger partial charge in [0.1, 0.15) is 6.04 Å². The fourth-order valence-corrected chi connectivity index (χ4v) is 3.84.